The van der Waals surface area contributed by atoms with E-state index in [2.05, 4.69) is 15.1 Å². The van der Waals surface area contributed by atoms with Gasteiger partial charge in [0.1, 0.15) is 0 Å². The van der Waals surface area contributed by atoms with Crippen LogP contribution in [-0.2, 0) is 6.18 Å². The predicted molar refractivity (Wildman–Crippen MR) is 98.6 cm³/mol. The summed E-state index contributed by atoms with van der Waals surface area (Å²) in [7, 11) is 0. The third-order valence-corrected chi connectivity index (χ3v) is 5.32. The predicted octanol–water partition coefficient (Wildman–Crippen LogP) is 4.54. The van der Waals surface area contributed by atoms with Gasteiger partial charge in [0.2, 0.25) is 0 Å². The third-order valence-electron chi connectivity index (χ3n) is 5.32. The normalized spacial score (nSPS) is 23.8. The highest BCUT2D eigenvalue weighted by Crippen LogP contribution is 2.34. The van der Waals surface area contributed by atoms with Crippen molar-refractivity contribution in [3.8, 4) is 11.3 Å². The Labute approximate surface area is 161 Å². The van der Waals surface area contributed by atoms with Crippen LogP contribution in [0.1, 0.15) is 44.3 Å². The zero-order chi connectivity index (χ0) is 20.8. The molecule has 0 atom stereocenters. The summed E-state index contributed by atoms with van der Waals surface area (Å²) in [5.74, 6) is 0.229. The molecule has 0 amide bonds. The first-order valence-electron chi connectivity index (χ1n) is 9.70. The standard InChI is InChI=1S/C20H21F3N4O/c1-12-6-17-14(10-27(26-17)15-4-2-13(11-28)3-5-15)7-16(12)18-8-24-9-19(25-18)20(21,22)23/h6-10,13,15,28H,2-5,11H2,1H3/i15D. The molecule has 1 saturated carbocycles. The molecule has 28 heavy (non-hydrogen) atoms. The molecule has 3 aromatic rings. The van der Waals surface area contributed by atoms with Crippen LogP contribution in [0.25, 0.3) is 22.2 Å². The number of alkyl halides is 3. The third kappa shape index (κ3) is 3.61. The van der Waals surface area contributed by atoms with Crippen molar-refractivity contribution < 1.29 is 19.6 Å². The van der Waals surface area contributed by atoms with Crippen molar-refractivity contribution in [2.75, 3.05) is 6.61 Å². The molecule has 1 N–H and O–H groups in total. The summed E-state index contributed by atoms with van der Waals surface area (Å²) < 4.78 is 49.4. The molecule has 0 saturated heterocycles. The number of nitrogens with zero attached hydrogens (tertiary/aromatic N) is 4. The maximum atomic E-state index is 13.0. The molecule has 1 aliphatic rings. The monoisotopic (exact) mass is 391 g/mol. The van der Waals surface area contributed by atoms with Crippen LogP contribution in [0.2, 0.25) is 0 Å². The minimum absolute atomic E-state index is 0.137. The number of benzene rings is 1. The summed E-state index contributed by atoms with van der Waals surface area (Å²) in [6.45, 7) is 1.93. The second-order valence-corrected chi connectivity index (χ2v) is 7.28. The first kappa shape index (κ1) is 17.6. The molecule has 0 unspecified atom stereocenters. The first-order chi connectivity index (χ1) is 13.7. The second-order valence-electron chi connectivity index (χ2n) is 7.28. The maximum Gasteiger partial charge on any atom is 0.434 e. The van der Waals surface area contributed by atoms with Gasteiger partial charge in [0.15, 0.2) is 5.69 Å². The number of aliphatic hydroxyl groups excluding tert-OH is 1. The van der Waals surface area contributed by atoms with Crippen molar-refractivity contribution in [2.45, 2.75) is 44.8 Å². The largest absolute Gasteiger partial charge is 0.434 e. The number of aryl methyl sites for hydroxylation is 1. The Bertz CT molecular complexity index is 1040. The zero-order valence-electron chi connectivity index (χ0n) is 16.4. The van der Waals surface area contributed by atoms with Gasteiger partial charge in [0.25, 0.3) is 0 Å². The van der Waals surface area contributed by atoms with E-state index < -0.39 is 17.9 Å². The van der Waals surface area contributed by atoms with Crippen LogP contribution >= 0.6 is 0 Å². The van der Waals surface area contributed by atoms with Crippen molar-refractivity contribution in [1.82, 2.24) is 19.7 Å². The molecule has 2 heterocycles. The number of hydrogen-bond acceptors (Lipinski definition) is 4. The highest BCUT2D eigenvalue weighted by Gasteiger charge is 2.33. The molecule has 1 aliphatic carbocycles. The quantitative estimate of drug-likeness (QED) is 0.712. The van der Waals surface area contributed by atoms with Crippen LogP contribution in [-0.4, -0.2) is 31.5 Å². The minimum atomic E-state index is -4.56. The Morgan fingerprint density at radius 2 is 1.96 bits per heavy atom. The first-order valence-corrected chi connectivity index (χ1v) is 9.20. The molecule has 1 fully saturated rings. The summed E-state index contributed by atoms with van der Waals surface area (Å²) >= 11 is 0. The van der Waals surface area contributed by atoms with E-state index in [4.69, 9.17) is 1.37 Å². The Kier molecular flexibility index (Phi) is 4.50. The van der Waals surface area contributed by atoms with Crippen LogP contribution in [0.15, 0.2) is 30.7 Å². The maximum absolute atomic E-state index is 13.0. The molecule has 8 heteroatoms. The molecule has 5 nitrogen and oxygen atoms in total. The molecule has 0 aliphatic heterocycles. The summed E-state index contributed by atoms with van der Waals surface area (Å²) in [5.41, 5.74) is 1.09. The van der Waals surface area contributed by atoms with E-state index in [9.17, 15) is 18.3 Å². The lowest BCUT2D eigenvalue weighted by molar-refractivity contribution is -0.141. The van der Waals surface area contributed by atoms with E-state index in [0.717, 1.165) is 23.8 Å². The van der Waals surface area contributed by atoms with Crippen molar-refractivity contribution in [3.05, 3.63) is 42.0 Å². The number of hydrogen-bond donors (Lipinski definition) is 1. The van der Waals surface area contributed by atoms with Gasteiger partial charge in [0, 0.05) is 23.8 Å². The van der Waals surface area contributed by atoms with Gasteiger partial charge >= 0.3 is 6.18 Å². The summed E-state index contributed by atoms with van der Waals surface area (Å²) in [6.07, 6.45) is 1.95. The highest BCUT2D eigenvalue weighted by molar-refractivity contribution is 5.85. The molecule has 1 aromatic carbocycles. The smallest absolute Gasteiger partial charge is 0.396 e. The van der Waals surface area contributed by atoms with Crippen molar-refractivity contribution >= 4 is 10.9 Å². The number of aromatic nitrogens is 4. The summed E-state index contributed by atoms with van der Waals surface area (Å²) in [5, 5.41) is 14.6. The average Bonchev–Trinajstić information content (AvgIpc) is 3.11. The fourth-order valence-corrected chi connectivity index (χ4v) is 3.67. The van der Waals surface area contributed by atoms with Gasteiger partial charge in [0.05, 0.1) is 31.0 Å². The SMILES string of the molecule is [2H]C1(n2cc3cc(-c4cncc(C(F)(F)F)n4)c(C)cc3n2)CCC(CO)CC1. The van der Waals surface area contributed by atoms with Crippen molar-refractivity contribution in [3.63, 3.8) is 0 Å². The summed E-state index contributed by atoms with van der Waals surface area (Å²) in [6, 6.07) is 2.67. The van der Waals surface area contributed by atoms with Crippen molar-refractivity contribution in [1.29, 1.82) is 0 Å². The van der Waals surface area contributed by atoms with Gasteiger partial charge in [-0.25, -0.2) is 4.98 Å². The molecular formula is C20H21F3N4O. The lowest BCUT2D eigenvalue weighted by Crippen LogP contribution is -2.20. The summed E-state index contributed by atoms with van der Waals surface area (Å²) in [4.78, 5) is 7.43. The average molecular weight is 391 g/mol. The van der Waals surface area contributed by atoms with Crippen LogP contribution < -0.4 is 0 Å². The lowest BCUT2D eigenvalue weighted by Gasteiger charge is -2.27. The van der Waals surface area contributed by atoms with E-state index in [1.807, 2.05) is 0 Å². The van der Waals surface area contributed by atoms with E-state index >= 15 is 0 Å². The van der Waals surface area contributed by atoms with Gasteiger partial charge < -0.3 is 5.11 Å². The number of halogens is 3. The molecule has 0 radical (unpaired) electrons. The van der Waals surface area contributed by atoms with Crippen LogP contribution in [0.3, 0.4) is 0 Å². The Hall–Kier alpha value is -2.48. The second kappa shape index (κ2) is 7.16. The topological polar surface area (TPSA) is 63.8 Å². The van der Waals surface area contributed by atoms with Gasteiger partial charge in [-0.3, -0.25) is 9.67 Å². The van der Waals surface area contributed by atoms with Gasteiger partial charge in [-0.05, 0) is 56.2 Å². The highest BCUT2D eigenvalue weighted by atomic mass is 19.4. The fourth-order valence-electron chi connectivity index (χ4n) is 3.67. The Morgan fingerprint density at radius 3 is 2.64 bits per heavy atom. The lowest BCUT2D eigenvalue weighted by atomic mass is 9.87. The fraction of sp³-hybridized carbons (Fsp3) is 0.450. The Morgan fingerprint density at radius 1 is 1.21 bits per heavy atom. The number of rotatable bonds is 3. The molecule has 4 rings (SSSR count). The van der Waals surface area contributed by atoms with Gasteiger partial charge in [-0.2, -0.15) is 18.3 Å². The number of fused-ring (bicyclic) bond motifs is 1. The molecule has 148 valence electrons. The van der Waals surface area contributed by atoms with Crippen LogP contribution in [0.4, 0.5) is 13.2 Å². The van der Waals surface area contributed by atoms with Gasteiger partial charge in [-0.1, -0.05) is 0 Å². The van der Waals surface area contributed by atoms with E-state index in [1.54, 1.807) is 29.9 Å². The minimum Gasteiger partial charge on any atom is -0.396 e. The van der Waals surface area contributed by atoms with Gasteiger partial charge in [-0.15, -0.1) is 0 Å². The molecular weight excluding hydrogens is 369 g/mol. The molecule has 2 aromatic heterocycles. The van der Waals surface area contributed by atoms with E-state index in [-0.39, 0.29) is 18.2 Å². The van der Waals surface area contributed by atoms with Crippen LogP contribution in [0.5, 0.6) is 0 Å². The van der Waals surface area contributed by atoms with Crippen molar-refractivity contribution in [2.24, 2.45) is 5.92 Å². The molecule has 0 spiro atoms. The Balaban J connectivity index is 1.72. The van der Waals surface area contributed by atoms with E-state index in [1.165, 1.54) is 6.20 Å². The van der Waals surface area contributed by atoms with Crippen LogP contribution in [0, 0.1) is 12.8 Å². The zero-order valence-corrected chi connectivity index (χ0v) is 15.4. The number of aliphatic hydroxyl groups is 1. The molecule has 0 bridgehead atoms. The van der Waals surface area contributed by atoms with E-state index in [0.29, 0.717) is 30.1 Å².